The normalized spacial score (nSPS) is 14.5. The molecule has 0 unspecified atom stereocenters. The summed E-state index contributed by atoms with van der Waals surface area (Å²) in [4.78, 5) is 16.2. The van der Waals surface area contributed by atoms with Crippen LogP contribution >= 0.6 is 11.8 Å². The summed E-state index contributed by atoms with van der Waals surface area (Å²) in [6, 6.07) is 2.11. The van der Waals surface area contributed by atoms with Crippen LogP contribution in [0.2, 0.25) is 0 Å². The number of hydrogen-bond donors (Lipinski definition) is 1. The molecular formula is C12H13N5O2S. The van der Waals surface area contributed by atoms with Gasteiger partial charge in [-0.25, -0.2) is 9.48 Å². The Balaban J connectivity index is 2.01. The summed E-state index contributed by atoms with van der Waals surface area (Å²) in [5.74, 6) is -0.983. The zero-order valence-corrected chi connectivity index (χ0v) is 11.9. The van der Waals surface area contributed by atoms with Gasteiger partial charge in [0.2, 0.25) is 5.16 Å². The van der Waals surface area contributed by atoms with Gasteiger partial charge in [0.15, 0.2) is 0 Å². The van der Waals surface area contributed by atoms with Crippen LogP contribution in [0, 0.1) is 13.8 Å². The number of rotatable bonds is 4. The molecule has 0 atom stereocenters. The van der Waals surface area contributed by atoms with Gasteiger partial charge in [-0.15, -0.1) is 5.10 Å². The summed E-state index contributed by atoms with van der Waals surface area (Å²) in [6.07, 6.45) is 2.14. The fraction of sp³-hybridized carbons (Fsp3) is 0.417. The topological polar surface area (TPSA) is 93.8 Å². The standard InChI is InChI=1S/C12H13N5O2S/c1-6-5-9(10(11(18)19)7(2)13-6)20-12-14-15-16-17(12)8-3-4-8/h5,8H,3-4H2,1-2H3,(H,18,19). The van der Waals surface area contributed by atoms with Crippen LogP contribution in [0.1, 0.15) is 40.6 Å². The van der Waals surface area contributed by atoms with E-state index in [1.54, 1.807) is 17.7 Å². The molecule has 0 radical (unpaired) electrons. The Labute approximate surface area is 119 Å². The molecule has 7 nitrogen and oxygen atoms in total. The number of aromatic nitrogens is 5. The quantitative estimate of drug-likeness (QED) is 0.918. The first-order valence-corrected chi connectivity index (χ1v) is 7.05. The highest BCUT2D eigenvalue weighted by atomic mass is 32.2. The molecule has 0 spiro atoms. The number of pyridine rings is 1. The zero-order chi connectivity index (χ0) is 14.3. The number of carbonyl (C=O) groups is 1. The van der Waals surface area contributed by atoms with Crippen molar-refractivity contribution in [1.29, 1.82) is 0 Å². The summed E-state index contributed by atoms with van der Waals surface area (Å²) in [5, 5.41) is 21.6. The third kappa shape index (κ3) is 2.38. The van der Waals surface area contributed by atoms with E-state index in [2.05, 4.69) is 20.5 Å². The third-order valence-corrected chi connectivity index (χ3v) is 4.06. The Kier molecular flexibility index (Phi) is 3.17. The molecule has 1 saturated carbocycles. The van der Waals surface area contributed by atoms with Gasteiger partial charge in [-0.2, -0.15) is 0 Å². The van der Waals surface area contributed by atoms with Crippen LogP contribution in [0.3, 0.4) is 0 Å². The predicted octanol–water partition coefficient (Wildman–Crippen LogP) is 1.87. The van der Waals surface area contributed by atoms with E-state index in [4.69, 9.17) is 0 Å². The lowest BCUT2D eigenvalue weighted by molar-refractivity contribution is 0.0691. The molecular weight excluding hydrogens is 278 g/mol. The van der Waals surface area contributed by atoms with Crippen LogP contribution in [0.25, 0.3) is 0 Å². The number of hydrogen-bond acceptors (Lipinski definition) is 6. The molecule has 1 aliphatic rings. The summed E-state index contributed by atoms with van der Waals surface area (Å²) in [5.41, 5.74) is 1.50. The van der Waals surface area contributed by atoms with E-state index < -0.39 is 5.97 Å². The average Bonchev–Trinajstić information content (AvgIpc) is 3.09. The van der Waals surface area contributed by atoms with Gasteiger partial charge in [-0.1, -0.05) is 0 Å². The summed E-state index contributed by atoms with van der Waals surface area (Å²) >= 11 is 1.28. The number of aryl methyl sites for hydroxylation is 2. The molecule has 0 bridgehead atoms. The molecule has 8 heteroatoms. The van der Waals surface area contributed by atoms with Gasteiger partial charge < -0.3 is 5.11 Å². The van der Waals surface area contributed by atoms with Crippen molar-refractivity contribution in [2.45, 2.75) is 42.8 Å². The first kappa shape index (κ1) is 13.0. The molecule has 2 heterocycles. The van der Waals surface area contributed by atoms with Crippen molar-refractivity contribution in [2.24, 2.45) is 0 Å². The van der Waals surface area contributed by atoms with E-state index >= 15 is 0 Å². The van der Waals surface area contributed by atoms with Crippen molar-refractivity contribution >= 4 is 17.7 Å². The number of carboxylic acids is 1. The monoisotopic (exact) mass is 291 g/mol. The second kappa shape index (κ2) is 4.86. The summed E-state index contributed by atoms with van der Waals surface area (Å²) in [7, 11) is 0. The SMILES string of the molecule is Cc1cc(Sc2nnnn2C2CC2)c(C(=O)O)c(C)n1. The third-order valence-electron chi connectivity index (χ3n) is 3.06. The Hall–Kier alpha value is -1.96. The van der Waals surface area contributed by atoms with E-state index in [-0.39, 0.29) is 5.56 Å². The highest BCUT2D eigenvalue weighted by molar-refractivity contribution is 7.99. The molecule has 0 aromatic carbocycles. The summed E-state index contributed by atoms with van der Waals surface area (Å²) < 4.78 is 1.77. The van der Waals surface area contributed by atoms with Gasteiger partial charge in [-0.3, -0.25) is 4.98 Å². The summed E-state index contributed by atoms with van der Waals surface area (Å²) in [6.45, 7) is 3.54. The van der Waals surface area contributed by atoms with E-state index in [9.17, 15) is 9.90 Å². The Morgan fingerprint density at radius 1 is 1.45 bits per heavy atom. The lowest BCUT2D eigenvalue weighted by atomic mass is 10.2. The van der Waals surface area contributed by atoms with Crippen LogP contribution in [-0.2, 0) is 0 Å². The first-order chi connectivity index (χ1) is 9.56. The maximum absolute atomic E-state index is 11.4. The minimum Gasteiger partial charge on any atom is -0.478 e. The largest absolute Gasteiger partial charge is 0.478 e. The minimum atomic E-state index is -0.983. The number of nitrogens with zero attached hydrogens (tertiary/aromatic N) is 5. The molecule has 0 saturated heterocycles. The van der Waals surface area contributed by atoms with E-state index in [0.717, 1.165) is 18.5 Å². The molecule has 3 rings (SSSR count). The van der Waals surface area contributed by atoms with Crippen LogP contribution in [-0.4, -0.2) is 36.3 Å². The number of aromatic carboxylic acids is 1. The predicted molar refractivity (Wildman–Crippen MR) is 70.9 cm³/mol. The van der Waals surface area contributed by atoms with Crippen LogP contribution in [0.15, 0.2) is 16.1 Å². The van der Waals surface area contributed by atoms with Gasteiger partial charge in [0, 0.05) is 10.6 Å². The maximum Gasteiger partial charge on any atom is 0.338 e. The zero-order valence-electron chi connectivity index (χ0n) is 11.1. The number of tetrazole rings is 1. The average molecular weight is 291 g/mol. The van der Waals surface area contributed by atoms with Gasteiger partial charge in [-0.05, 0) is 54.9 Å². The molecule has 1 fully saturated rings. The van der Waals surface area contributed by atoms with Gasteiger partial charge >= 0.3 is 5.97 Å². The van der Waals surface area contributed by atoms with E-state index in [0.29, 0.717) is 21.8 Å². The van der Waals surface area contributed by atoms with Crippen molar-refractivity contribution in [1.82, 2.24) is 25.2 Å². The van der Waals surface area contributed by atoms with E-state index in [1.165, 1.54) is 11.8 Å². The molecule has 1 aliphatic carbocycles. The second-order valence-electron chi connectivity index (χ2n) is 4.77. The molecule has 0 amide bonds. The Morgan fingerprint density at radius 3 is 2.85 bits per heavy atom. The van der Waals surface area contributed by atoms with Crippen LogP contribution in [0.5, 0.6) is 0 Å². The highest BCUT2D eigenvalue weighted by Gasteiger charge is 2.29. The van der Waals surface area contributed by atoms with Crippen molar-refractivity contribution < 1.29 is 9.90 Å². The van der Waals surface area contributed by atoms with Crippen LogP contribution < -0.4 is 0 Å². The van der Waals surface area contributed by atoms with Gasteiger partial charge in [0.25, 0.3) is 0 Å². The second-order valence-corrected chi connectivity index (χ2v) is 5.78. The lowest BCUT2D eigenvalue weighted by Crippen LogP contribution is -2.06. The molecule has 2 aromatic rings. The molecule has 2 aromatic heterocycles. The lowest BCUT2D eigenvalue weighted by Gasteiger charge is -2.09. The molecule has 1 N–H and O–H groups in total. The van der Waals surface area contributed by atoms with Crippen molar-refractivity contribution in [2.75, 3.05) is 0 Å². The smallest absolute Gasteiger partial charge is 0.338 e. The van der Waals surface area contributed by atoms with Crippen molar-refractivity contribution in [3.05, 3.63) is 23.0 Å². The highest BCUT2D eigenvalue weighted by Crippen LogP contribution is 2.38. The Bertz CT molecular complexity index is 680. The maximum atomic E-state index is 11.4. The van der Waals surface area contributed by atoms with Crippen molar-refractivity contribution in [3.8, 4) is 0 Å². The van der Waals surface area contributed by atoms with Gasteiger partial charge in [0.05, 0.1) is 17.3 Å². The van der Waals surface area contributed by atoms with Crippen molar-refractivity contribution in [3.63, 3.8) is 0 Å². The Morgan fingerprint density at radius 2 is 2.20 bits per heavy atom. The van der Waals surface area contributed by atoms with Crippen LogP contribution in [0.4, 0.5) is 0 Å². The van der Waals surface area contributed by atoms with Gasteiger partial charge in [0.1, 0.15) is 0 Å². The first-order valence-electron chi connectivity index (χ1n) is 6.23. The van der Waals surface area contributed by atoms with E-state index in [1.807, 2.05) is 6.92 Å². The fourth-order valence-corrected chi connectivity index (χ4v) is 3.15. The molecule has 104 valence electrons. The number of carboxylic acid groups (broad SMARTS) is 1. The molecule has 20 heavy (non-hydrogen) atoms. The minimum absolute atomic E-state index is 0.214. The molecule has 0 aliphatic heterocycles. The fourth-order valence-electron chi connectivity index (χ4n) is 2.03.